The molecule has 0 N–H and O–H groups in total. The molecular weight excluding hydrogens is 194 g/mol. The number of piperidine rings is 1. The van der Waals surface area contributed by atoms with E-state index < -0.39 is 0 Å². The molecule has 1 aromatic carbocycles. The smallest absolute Gasteiger partial charge is 0.0251 e. The molecule has 1 atom stereocenters. The van der Waals surface area contributed by atoms with Crippen LogP contribution in [0.1, 0.15) is 31.7 Å². The molecule has 1 unspecified atom stereocenters. The Balaban J connectivity index is 1.77. The molecule has 1 aromatic rings. The molecule has 1 aliphatic rings. The minimum atomic E-state index is 0.747. The van der Waals surface area contributed by atoms with E-state index in [1.807, 2.05) is 0 Å². The van der Waals surface area contributed by atoms with Gasteiger partial charge < -0.3 is 0 Å². The van der Waals surface area contributed by atoms with E-state index in [0.29, 0.717) is 0 Å². The van der Waals surface area contributed by atoms with Gasteiger partial charge in [-0.3, -0.25) is 4.90 Å². The molecule has 1 heterocycles. The Morgan fingerprint density at radius 2 is 2.00 bits per heavy atom. The molecule has 0 amide bonds. The van der Waals surface area contributed by atoms with Crippen LogP contribution in [0.4, 0.5) is 0 Å². The summed E-state index contributed by atoms with van der Waals surface area (Å²) in [7, 11) is 0. The van der Waals surface area contributed by atoms with Crippen LogP contribution in [0.3, 0.4) is 0 Å². The van der Waals surface area contributed by atoms with Crippen LogP contribution < -0.4 is 0 Å². The zero-order chi connectivity index (χ0) is 11.2. The fraction of sp³-hybridized carbons (Fsp3) is 0.533. The molecular formula is C15H22N. The molecule has 16 heavy (non-hydrogen) atoms. The first kappa shape index (κ1) is 11.7. The largest absolute Gasteiger partial charge is 0.299 e. The zero-order valence-electron chi connectivity index (χ0n) is 10.2. The molecule has 2 rings (SSSR count). The predicted octanol–water partition coefficient (Wildman–Crippen LogP) is 3.51. The van der Waals surface area contributed by atoms with Crippen molar-refractivity contribution >= 4 is 0 Å². The maximum Gasteiger partial charge on any atom is 0.0251 e. The Labute approximate surface area is 99.5 Å². The van der Waals surface area contributed by atoms with Crippen LogP contribution in [0.15, 0.2) is 30.3 Å². The Morgan fingerprint density at radius 3 is 2.69 bits per heavy atom. The molecule has 1 radical (unpaired) electrons. The minimum absolute atomic E-state index is 0.747. The normalized spacial score (nSPS) is 19.6. The van der Waals surface area contributed by atoms with Crippen LogP contribution in [0.2, 0.25) is 0 Å². The van der Waals surface area contributed by atoms with E-state index >= 15 is 0 Å². The van der Waals surface area contributed by atoms with Crippen molar-refractivity contribution in [3.8, 4) is 0 Å². The van der Waals surface area contributed by atoms with E-state index in [1.54, 1.807) is 0 Å². The van der Waals surface area contributed by atoms with Gasteiger partial charge in [0.05, 0.1) is 0 Å². The van der Waals surface area contributed by atoms with E-state index in [1.165, 1.54) is 44.3 Å². The number of nitrogens with zero attached hydrogens (tertiary/aromatic N) is 1. The van der Waals surface area contributed by atoms with E-state index in [2.05, 4.69) is 48.7 Å². The second-order valence-corrected chi connectivity index (χ2v) is 4.97. The average Bonchev–Trinajstić information content (AvgIpc) is 2.31. The number of rotatable bonds is 4. The van der Waals surface area contributed by atoms with E-state index in [4.69, 9.17) is 0 Å². The van der Waals surface area contributed by atoms with Crippen LogP contribution in [-0.2, 0) is 6.42 Å². The SMILES string of the molecule is CC(Cc1ccccc1)CN1[CH]CCCC1. The highest BCUT2D eigenvalue weighted by molar-refractivity contribution is 5.15. The molecule has 1 saturated heterocycles. The Morgan fingerprint density at radius 1 is 1.19 bits per heavy atom. The van der Waals surface area contributed by atoms with Gasteiger partial charge in [0.15, 0.2) is 0 Å². The van der Waals surface area contributed by atoms with Crippen molar-refractivity contribution in [2.24, 2.45) is 5.92 Å². The fourth-order valence-electron chi connectivity index (χ4n) is 2.47. The first-order valence-electron chi connectivity index (χ1n) is 6.46. The van der Waals surface area contributed by atoms with Crippen molar-refractivity contribution in [1.82, 2.24) is 4.90 Å². The predicted molar refractivity (Wildman–Crippen MR) is 69.0 cm³/mol. The molecule has 0 aliphatic carbocycles. The topological polar surface area (TPSA) is 3.24 Å². The summed E-state index contributed by atoms with van der Waals surface area (Å²) in [4.78, 5) is 2.51. The van der Waals surface area contributed by atoms with Crippen molar-refractivity contribution in [3.63, 3.8) is 0 Å². The highest BCUT2D eigenvalue weighted by Crippen LogP contribution is 2.16. The number of hydrogen-bond acceptors (Lipinski definition) is 1. The van der Waals surface area contributed by atoms with Crippen LogP contribution >= 0.6 is 0 Å². The third kappa shape index (κ3) is 3.64. The standard InChI is InChI=1S/C15H22N/c1-14(12-15-8-4-2-5-9-15)13-16-10-6-3-7-11-16/h2,4-5,8-10,14H,3,6-7,11-13H2,1H3. The van der Waals surface area contributed by atoms with E-state index in [0.717, 1.165) is 5.92 Å². The number of benzene rings is 1. The van der Waals surface area contributed by atoms with Gasteiger partial charge in [0.1, 0.15) is 0 Å². The van der Waals surface area contributed by atoms with Gasteiger partial charge in [0.2, 0.25) is 0 Å². The second kappa shape index (κ2) is 6.05. The molecule has 1 heteroatoms. The molecule has 0 aromatic heterocycles. The lowest BCUT2D eigenvalue weighted by atomic mass is 9.99. The van der Waals surface area contributed by atoms with Crippen molar-refractivity contribution in [1.29, 1.82) is 0 Å². The van der Waals surface area contributed by atoms with Crippen LogP contribution in [0.25, 0.3) is 0 Å². The van der Waals surface area contributed by atoms with Gasteiger partial charge in [-0.05, 0) is 37.3 Å². The monoisotopic (exact) mass is 216 g/mol. The van der Waals surface area contributed by atoms with Gasteiger partial charge in [0, 0.05) is 13.1 Å². The lowest BCUT2D eigenvalue weighted by Crippen LogP contribution is -2.30. The summed E-state index contributed by atoms with van der Waals surface area (Å²) in [6, 6.07) is 10.8. The quantitative estimate of drug-likeness (QED) is 0.744. The summed E-state index contributed by atoms with van der Waals surface area (Å²) in [6.07, 6.45) is 5.22. The third-order valence-corrected chi connectivity index (χ3v) is 3.26. The van der Waals surface area contributed by atoms with Crippen LogP contribution in [-0.4, -0.2) is 18.0 Å². The van der Waals surface area contributed by atoms with E-state index in [-0.39, 0.29) is 0 Å². The summed E-state index contributed by atoms with van der Waals surface area (Å²) in [5, 5.41) is 0. The molecule has 1 nitrogen and oxygen atoms in total. The third-order valence-electron chi connectivity index (χ3n) is 3.26. The summed E-state index contributed by atoms with van der Waals surface area (Å²) in [6.45, 7) is 7.23. The molecule has 0 saturated carbocycles. The fourth-order valence-corrected chi connectivity index (χ4v) is 2.47. The zero-order valence-corrected chi connectivity index (χ0v) is 10.2. The lowest BCUT2D eigenvalue weighted by Gasteiger charge is -2.28. The maximum atomic E-state index is 2.51. The Hall–Kier alpha value is -0.820. The van der Waals surface area contributed by atoms with Crippen molar-refractivity contribution in [2.75, 3.05) is 13.1 Å². The molecule has 1 fully saturated rings. The summed E-state index contributed by atoms with van der Waals surface area (Å²) in [5.74, 6) is 0.747. The van der Waals surface area contributed by atoms with Gasteiger partial charge in [-0.25, -0.2) is 0 Å². The summed E-state index contributed by atoms with van der Waals surface area (Å²) < 4.78 is 0. The van der Waals surface area contributed by atoms with E-state index in [9.17, 15) is 0 Å². The number of hydrogen-bond donors (Lipinski definition) is 0. The summed E-state index contributed by atoms with van der Waals surface area (Å²) >= 11 is 0. The van der Waals surface area contributed by atoms with Crippen molar-refractivity contribution in [3.05, 3.63) is 42.4 Å². The number of likely N-dealkylation sites (tertiary alicyclic amines) is 1. The van der Waals surface area contributed by atoms with Crippen LogP contribution in [0.5, 0.6) is 0 Å². The van der Waals surface area contributed by atoms with Gasteiger partial charge >= 0.3 is 0 Å². The van der Waals surface area contributed by atoms with Gasteiger partial charge in [-0.2, -0.15) is 0 Å². The molecule has 1 aliphatic heterocycles. The lowest BCUT2D eigenvalue weighted by molar-refractivity contribution is 0.246. The first-order valence-corrected chi connectivity index (χ1v) is 6.46. The van der Waals surface area contributed by atoms with Gasteiger partial charge in [-0.1, -0.05) is 43.7 Å². The Kier molecular flexibility index (Phi) is 4.41. The van der Waals surface area contributed by atoms with Crippen LogP contribution in [0, 0.1) is 12.5 Å². The second-order valence-electron chi connectivity index (χ2n) is 4.97. The first-order chi connectivity index (χ1) is 7.84. The average molecular weight is 216 g/mol. The molecule has 87 valence electrons. The molecule has 0 bridgehead atoms. The van der Waals surface area contributed by atoms with Gasteiger partial charge in [-0.15, -0.1) is 0 Å². The summed E-state index contributed by atoms with van der Waals surface area (Å²) in [5.41, 5.74) is 1.46. The van der Waals surface area contributed by atoms with Crippen molar-refractivity contribution in [2.45, 2.75) is 32.6 Å². The molecule has 0 spiro atoms. The minimum Gasteiger partial charge on any atom is -0.299 e. The maximum absolute atomic E-state index is 2.51. The Bertz CT molecular complexity index is 288. The van der Waals surface area contributed by atoms with Gasteiger partial charge in [0.25, 0.3) is 0 Å². The highest BCUT2D eigenvalue weighted by Gasteiger charge is 2.13. The van der Waals surface area contributed by atoms with Crippen molar-refractivity contribution < 1.29 is 0 Å². The highest BCUT2D eigenvalue weighted by atomic mass is 15.1.